The van der Waals surface area contributed by atoms with E-state index in [4.69, 9.17) is 0 Å². The average Bonchev–Trinajstić information content (AvgIpc) is 2.39. The van der Waals surface area contributed by atoms with Gasteiger partial charge in [0.15, 0.2) is 0 Å². The number of rotatable bonds is 3. The maximum absolute atomic E-state index is 4.14. The van der Waals surface area contributed by atoms with Crippen LogP contribution >= 0.6 is 0 Å². The summed E-state index contributed by atoms with van der Waals surface area (Å²) in [5.41, 5.74) is 0. The molecule has 0 radical (unpaired) electrons. The van der Waals surface area contributed by atoms with Crippen LogP contribution in [-0.2, 0) is 0 Å². The lowest BCUT2D eigenvalue weighted by Gasteiger charge is -2.17. The Morgan fingerprint density at radius 3 is 2.36 bits per heavy atom. The van der Waals surface area contributed by atoms with Gasteiger partial charge in [-0.25, -0.2) is 0 Å². The third-order valence-electron chi connectivity index (χ3n) is 2.44. The van der Waals surface area contributed by atoms with Crippen LogP contribution in [0.4, 0.5) is 0 Å². The van der Waals surface area contributed by atoms with Crippen molar-refractivity contribution in [2.75, 3.05) is 19.6 Å². The smallest absolute Gasteiger partial charge is 0.0604 e. The predicted octanol–water partition coefficient (Wildman–Crippen LogP) is 1.66. The SMILES string of the molecule is C=C(CN1CCCC1)[SiH](C)C. The van der Waals surface area contributed by atoms with Gasteiger partial charge in [0, 0.05) is 6.54 Å². The van der Waals surface area contributed by atoms with E-state index in [0.717, 1.165) is 0 Å². The highest BCUT2D eigenvalue weighted by molar-refractivity contribution is 6.63. The summed E-state index contributed by atoms with van der Waals surface area (Å²) in [6.45, 7) is 12.7. The lowest BCUT2D eigenvalue weighted by Crippen LogP contribution is -2.25. The Labute approximate surface area is 71.7 Å². The lowest BCUT2D eigenvalue weighted by atomic mass is 10.4. The van der Waals surface area contributed by atoms with E-state index in [1.807, 2.05) is 0 Å². The summed E-state index contributed by atoms with van der Waals surface area (Å²) in [6.07, 6.45) is 2.79. The summed E-state index contributed by atoms with van der Waals surface area (Å²) in [5.74, 6) is 0. The van der Waals surface area contributed by atoms with Gasteiger partial charge in [-0.2, -0.15) is 0 Å². The minimum Gasteiger partial charge on any atom is -0.300 e. The second kappa shape index (κ2) is 4.07. The van der Waals surface area contributed by atoms with Gasteiger partial charge in [-0.15, -0.1) is 6.58 Å². The fraction of sp³-hybridized carbons (Fsp3) is 0.778. The van der Waals surface area contributed by atoms with Gasteiger partial charge in [0.1, 0.15) is 0 Å². The zero-order valence-electron chi connectivity index (χ0n) is 7.77. The molecule has 0 amide bonds. The Hall–Kier alpha value is -0.0831. The zero-order chi connectivity index (χ0) is 8.27. The summed E-state index contributed by atoms with van der Waals surface area (Å²) >= 11 is 0. The van der Waals surface area contributed by atoms with E-state index >= 15 is 0 Å². The number of hydrogen-bond acceptors (Lipinski definition) is 1. The summed E-state index contributed by atoms with van der Waals surface area (Å²) in [5, 5.41) is 1.52. The number of likely N-dealkylation sites (tertiary alicyclic amines) is 1. The van der Waals surface area contributed by atoms with Crippen molar-refractivity contribution in [3.8, 4) is 0 Å². The monoisotopic (exact) mass is 169 g/mol. The molecule has 1 saturated heterocycles. The first kappa shape index (κ1) is 9.01. The van der Waals surface area contributed by atoms with Crippen LogP contribution in [0.3, 0.4) is 0 Å². The van der Waals surface area contributed by atoms with E-state index in [0.29, 0.717) is 0 Å². The predicted molar refractivity (Wildman–Crippen MR) is 53.7 cm³/mol. The van der Waals surface area contributed by atoms with Gasteiger partial charge in [0.2, 0.25) is 0 Å². The molecule has 1 aliphatic rings. The Kier molecular flexibility index (Phi) is 3.33. The van der Waals surface area contributed by atoms with E-state index < -0.39 is 8.80 Å². The summed E-state index contributed by atoms with van der Waals surface area (Å²) in [6, 6.07) is 0. The second-order valence-corrected chi connectivity index (χ2v) is 6.92. The van der Waals surface area contributed by atoms with E-state index in [9.17, 15) is 0 Å². The van der Waals surface area contributed by atoms with Crippen LogP contribution in [0.5, 0.6) is 0 Å². The molecule has 0 aromatic heterocycles. The summed E-state index contributed by atoms with van der Waals surface area (Å²) in [4.78, 5) is 2.54. The zero-order valence-corrected chi connectivity index (χ0v) is 8.92. The maximum Gasteiger partial charge on any atom is 0.0604 e. The molecule has 1 rings (SSSR count). The molecule has 0 unspecified atom stereocenters. The Morgan fingerprint density at radius 2 is 1.91 bits per heavy atom. The van der Waals surface area contributed by atoms with Gasteiger partial charge < -0.3 is 0 Å². The van der Waals surface area contributed by atoms with Gasteiger partial charge in [-0.3, -0.25) is 4.90 Å². The minimum absolute atomic E-state index is 0.557. The van der Waals surface area contributed by atoms with Gasteiger partial charge in [0.05, 0.1) is 8.80 Å². The van der Waals surface area contributed by atoms with Gasteiger partial charge >= 0.3 is 0 Å². The first-order chi connectivity index (χ1) is 5.20. The molecule has 2 heteroatoms. The molecule has 1 nitrogen and oxygen atoms in total. The fourth-order valence-electron chi connectivity index (χ4n) is 1.41. The van der Waals surface area contributed by atoms with Crippen molar-refractivity contribution >= 4 is 8.80 Å². The first-order valence-corrected chi connectivity index (χ1v) is 7.49. The topological polar surface area (TPSA) is 3.24 Å². The standard InChI is InChI=1S/C9H19NSi/c1-9(11(2)3)8-10-6-4-5-7-10/h11H,1,4-8H2,2-3H3. The Bertz CT molecular complexity index is 136. The second-order valence-electron chi connectivity index (χ2n) is 3.80. The molecule has 0 aliphatic carbocycles. The summed E-state index contributed by atoms with van der Waals surface area (Å²) < 4.78 is 0. The molecule has 11 heavy (non-hydrogen) atoms. The third-order valence-corrected chi connectivity index (χ3v) is 4.26. The van der Waals surface area contributed by atoms with Crippen LogP contribution in [-0.4, -0.2) is 33.3 Å². The highest BCUT2D eigenvalue weighted by Gasteiger charge is 2.13. The molecule has 64 valence electrons. The molecule has 1 aliphatic heterocycles. The van der Waals surface area contributed by atoms with Crippen LogP contribution in [0, 0.1) is 0 Å². The number of nitrogens with zero attached hydrogens (tertiary/aromatic N) is 1. The lowest BCUT2D eigenvalue weighted by molar-refractivity contribution is 0.374. The first-order valence-electron chi connectivity index (χ1n) is 4.60. The third kappa shape index (κ3) is 2.79. The molecular weight excluding hydrogens is 150 g/mol. The molecule has 0 N–H and O–H groups in total. The van der Waals surface area contributed by atoms with Crippen LogP contribution in [0.15, 0.2) is 11.8 Å². The maximum atomic E-state index is 4.14. The fourth-order valence-corrected chi connectivity index (χ4v) is 2.03. The average molecular weight is 169 g/mol. The van der Waals surface area contributed by atoms with Crippen molar-refractivity contribution in [1.29, 1.82) is 0 Å². The van der Waals surface area contributed by atoms with Crippen molar-refractivity contribution in [2.45, 2.75) is 25.9 Å². The van der Waals surface area contributed by atoms with Gasteiger partial charge in [-0.1, -0.05) is 18.3 Å². The molecule has 0 bridgehead atoms. The molecule has 0 aromatic rings. The molecule has 0 aromatic carbocycles. The van der Waals surface area contributed by atoms with E-state index in [1.165, 1.54) is 37.7 Å². The molecular formula is C9H19NSi. The van der Waals surface area contributed by atoms with Crippen LogP contribution in [0.1, 0.15) is 12.8 Å². The normalized spacial score (nSPS) is 19.5. The van der Waals surface area contributed by atoms with Crippen molar-refractivity contribution in [1.82, 2.24) is 4.90 Å². The number of hydrogen-bond donors (Lipinski definition) is 0. The van der Waals surface area contributed by atoms with Crippen molar-refractivity contribution in [2.24, 2.45) is 0 Å². The van der Waals surface area contributed by atoms with Gasteiger partial charge in [-0.05, 0) is 25.9 Å². The quantitative estimate of drug-likeness (QED) is 0.581. The van der Waals surface area contributed by atoms with Crippen molar-refractivity contribution < 1.29 is 0 Å². The highest BCUT2D eigenvalue weighted by atomic mass is 28.3. The van der Waals surface area contributed by atoms with Crippen molar-refractivity contribution in [3.63, 3.8) is 0 Å². The summed E-state index contributed by atoms with van der Waals surface area (Å²) in [7, 11) is -0.557. The molecule has 1 fully saturated rings. The van der Waals surface area contributed by atoms with Crippen LogP contribution in [0.2, 0.25) is 13.1 Å². The molecule has 0 spiro atoms. The molecule has 0 atom stereocenters. The molecule has 1 heterocycles. The van der Waals surface area contributed by atoms with E-state index in [-0.39, 0.29) is 0 Å². The largest absolute Gasteiger partial charge is 0.300 e. The molecule has 0 saturated carbocycles. The minimum atomic E-state index is -0.557. The Balaban J connectivity index is 2.24. The van der Waals surface area contributed by atoms with Gasteiger partial charge in [0.25, 0.3) is 0 Å². The van der Waals surface area contributed by atoms with E-state index in [2.05, 4.69) is 24.6 Å². The van der Waals surface area contributed by atoms with Crippen LogP contribution < -0.4 is 0 Å². The van der Waals surface area contributed by atoms with E-state index in [1.54, 1.807) is 0 Å². The highest BCUT2D eigenvalue weighted by Crippen LogP contribution is 2.10. The Morgan fingerprint density at radius 1 is 1.36 bits per heavy atom. The van der Waals surface area contributed by atoms with Crippen LogP contribution in [0.25, 0.3) is 0 Å². The van der Waals surface area contributed by atoms with Crippen molar-refractivity contribution in [3.05, 3.63) is 11.8 Å².